The zero-order chi connectivity index (χ0) is 12.4. The third-order valence-electron chi connectivity index (χ3n) is 3.27. The van der Waals surface area contributed by atoms with E-state index in [2.05, 4.69) is 32.7 Å². The van der Waals surface area contributed by atoms with Crippen molar-refractivity contribution in [2.75, 3.05) is 0 Å². The van der Waals surface area contributed by atoms with Gasteiger partial charge in [-0.2, -0.15) is 0 Å². The molecule has 0 atom stereocenters. The lowest BCUT2D eigenvalue weighted by Crippen LogP contribution is -2.14. The molecule has 0 fully saturated rings. The zero-order valence-electron chi connectivity index (χ0n) is 11.3. The van der Waals surface area contributed by atoms with Gasteiger partial charge in [0, 0.05) is 6.92 Å². The Labute approximate surface area is 104 Å². The van der Waals surface area contributed by atoms with Crippen LogP contribution in [0.25, 0.3) is 11.1 Å². The van der Waals surface area contributed by atoms with Crippen LogP contribution in [-0.4, -0.2) is 12.8 Å². The van der Waals surface area contributed by atoms with Gasteiger partial charge in [-0.15, -0.1) is 0 Å². The molecule has 0 aliphatic rings. The summed E-state index contributed by atoms with van der Waals surface area (Å²) in [6.45, 7) is 6.37. The topological polar surface area (TPSA) is 26.0 Å². The number of oxazole rings is 1. The Hall–Kier alpha value is -1.25. The summed E-state index contributed by atoms with van der Waals surface area (Å²) in [5.41, 5.74) is 6.20. The summed E-state index contributed by atoms with van der Waals surface area (Å²) < 4.78 is 5.71. The van der Waals surface area contributed by atoms with Crippen molar-refractivity contribution in [1.29, 1.82) is 0 Å². The molecule has 0 radical (unpaired) electrons. The molecule has 3 heteroatoms. The first-order chi connectivity index (χ1) is 8.17. The number of rotatable bonds is 4. The third-order valence-corrected chi connectivity index (χ3v) is 3.27. The van der Waals surface area contributed by atoms with Crippen LogP contribution in [0.4, 0.5) is 0 Å². The predicted molar refractivity (Wildman–Crippen MR) is 74.9 cm³/mol. The fourth-order valence-electron chi connectivity index (χ4n) is 2.53. The highest BCUT2D eigenvalue weighted by Crippen LogP contribution is 2.20. The molecule has 2 aromatic rings. The van der Waals surface area contributed by atoms with E-state index in [1.54, 1.807) is 0 Å². The van der Waals surface area contributed by atoms with Crippen LogP contribution in [0.3, 0.4) is 0 Å². The average molecular weight is 229 g/mol. The van der Waals surface area contributed by atoms with Crippen LogP contribution in [0.2, 0.25) is 0 Å². The Bertz CT molecular complexity index is 530. The first-order valence-electron chi connectivity index (χ1n) is 6.55. The van der Waals surface area contributed by atoms with E-state index < -0.39 is 0 Å². The van der Waals surface area contributed by atoms with Gasteiger partial charge in [0.15, 0.2) is 5.89 Å². The molecule has 0 saturated carbocycles. The molecule has 2 nitrogen and oxygen atoms in total. The molecule has 2 rings (SSSR count). The number of nitrogens with zero attached hydrogens (tertiary/aromatic N) is 1. The number of aryl methyl sites for hydroxylation is 2. The van der Waals surface area contributed by atoms with Crippen molar-refractivity contribution in [1.82, 2.24) is 4.98 Å². The van der Waals surface area contributed by atoms with E-state index in [4.69, 9.17) is 4.42 Å². The molecule has 0 aliphatic heterocycles. The van der Waals surface area contributed by atoms with E-state index in [1.807, 2.05) is 6.92 Å². The van der Waals surface area contributed by atoms with Crippen LogP contribution in [0.5, 0.6) is 0 Å². The van der Waals surface area contributed by atoms with Gasteiger partial charge in [0.25, 0.3) is 0 Å². The van der Waals surface area contributed by atoms with E-state index >= 15 is 0 Å². The van der Waals surface area contributed by atoms with Crippen molar-refractivity contribution in [2.45, 2.75) is 46.5 Å². The number of benzene rings is 1. The van der Waals surface area contributed by atoms with Gasteiger partial charge in [0.2, 0.25) is 0 Å². The Kier molecular flexibility index (Phi) is 3.56. The van der Waals surface area contributed by atoms with Gasteiger partial charge < -0.3 is 4.42 Å². The number of hydrogen-bond donors (Lipinski definition) is 0. The largest absolute Gasteiger partial charge is 0.442 e. The lowest BCUT2D eigenvalue weighted by Gasteiger charge is -2.11. The molecule has 0 unspecified atom stereocenters. The van der Waals surface area contributed by atoms with Crippen molar-refractivity contribution >= 4 is 24.4 Å². The minimum absolute atomic E-state index is 0.763. The summed E-state index contributed by atoms with van der Waals surface area (Å²) in [7, 11) is 2.16. The Morgan fingerprint density at radius 1 is 1.24 bits per heavy atom. The van der Waals surface area contributed by atoms with Crippen molar-refractivity contribution in [3.05, 3.63) is 23.1 Å². The molecule has 0 amide bonds. The molecular weight excluding hydrogens is 209 g/mol. The summed E-state index contributed by atoms with van der Waals surface area (Å²) in [5.74, 6) is 0.763. The maximum absolute atomic E-state index is 5.71. The standard InChI is InChI=1S/C14H20BNO/c1-4-6-10-8-12-14(17-9(3)16-12)13(15)11(10)7-5-2/h8H,4-7,15H2,1-3H3. The van der Waals surface area contributed by atoms with Gasteiger partial charge in [-0.05, 0) is 35.5 Å². The highest BCUT2D eigenvalue weighted by Gasteiger charge is 2.13. The van der Waals surface area contributed by atoms with Crippen LogP contribution in [-0.2, 0) is 12.8 Å². The van der Waals surface area contributed by atoms with Gasteiger partial charge in [0.1, 0.15) is 18.9 Å². The van der Waals surface area contributed by atoms with Gasteiger partial charge in [-0.1, -0.05) is 26.7 Å². The predicted octanol–water partition coefficient (Wildman–Crippen LogP) is 2.30. The summed E-state index contributed by atoms with van der Waals surface area (Å²) in [6, 6.07) is 2.22. The highest BCUT2D eigenvalue weighted by molar-refractivity contribution is 6.39. The second-order valence-electron chi connectivity index (χ2n) is 4.72. The van der Waals surface area contributed by atoms with Crippen molar-refractivity contribution < 1.29 is 4.42 Å². The van der Waals surface area contributed by atoms with E-state index in [9.17, 15) is 0 Å². The Morgan fingerprint density at radius 2 is 1.94 bits per heavy atom. The quantitative estimate of drug-likeness (QED) is 0.752. The monoisotopic (exact) mass is 229 g/mol. The molecule has 17 heavy (non-hydrogen) atoms. The molecule has 0 bridgehead atoms. The maximum atomic E-state index is 5.71. The summed E-state index contributed by atoms with van der Waals surface area (Å²) >= 11 is 0. The lowest BCUT2D eigenvalue weighted by molar-refractivity contribution is 0.562. The molecule has 90 valence electrons. The van der Waals surface area contributed by atoms with Gasteiger partial charge in [0.05, 0.1) is 0 Å². The van der Waals surface area contributed by atoms with Crippen LogP contribution < -0.4 is 5.46 Å². The van der Waals surface area contributed by atoms with E-state index in [0.717, 1.165) is 29.8 Å². The zero-order valence-corrected chi connectivity index (χ0v) is 11.3. The fraction of sp³-hybridized carbons (Fsp3) is 0.500. The summed E-state index contributed by atoms with van der Waals surface area (Å²) in [6.07, 6.45) is 4.63. The molecular formula is C14H20BNO. The fourth-order valence-corrected chi connectivity index (χ4v) is 2.53. The normalized spacial score (nSPS) is 11.2. The van der Waals surface area contributed by atoms with Crippen LogP contribution >= 0.6 is 0 Å². The Morgan fingerprint density at radius 3 is 2.59 bits per heavy atom. The highest BCUT2D eigenvalue weighted by atomic mass is 16.3. The Balaban J connectivity index is 2.64. The second kappa shape index (κ2) is 4.95. The van der Waals surface area contributed by atoms with Crippen molar-refractivity contribution in [2.24, 2.45) is 0 Å². The van der Waals surface area contributed by atoms with Crippen LogP contribution in [0, 0.1) is 6.92 Å². The molecule has 0 spiro atoms. The van der Waals surface area contributed by atoms with Gasteiger partial charge >= 0.3 is 0 Å². The lowest BCUT2D eigenvalue weighted by atomic mass is 9.83. The molecule has 1 aromatic carbocycles. The first kappa shape index (κ1) is 12.2. The van der Waals surface area contributed by atoms with Crippen molar-refractivity contribution in [3.63, 3.8) is 0 Å². The summed E-state index contributed by atoms with van der Waals surface area (Å²) in [5, 5.41) is 0. The molecule has 0 aliphatic carbocycles. The SMILES string of the molecule is Bc1c(CCC)c(CCC)cc2nc(C)oc12. The average Bonchev–Trinajstić information content (AvgIpc) is 2.65. The third kappa shape index (κ3) is 2.24. The van der Waals surface area contributed by atoms with Crippen molar-refractivity contribution in [3.8, 4) is 0 Å². The minimum Gasteiger partial charge on any atom is -0.442 e. The molecule has 1 heterocycles. The van der Waals surface area contributed by atoms with Crippen LogP contribution in [0.1, 0.15) is 43.7 Å². The number of fused-ring (bicyclic) bond motifs is 1. The molecule has 1 aromatic heterocycles. The summed E-state index contributed by atoms with van der Waals surface area (Å²) in [4.78, 5) is 4.45. The second-order valence-corrected chi connectivity index (χ2v) is 4.72. The molecule has 0 N–H and O–H groups in total. The number of hydrogen-bond acceptors (Lipinski definition) is 2. The maximum Gasteiger partial charge on any atom is 0.192 e. The first-order valence-corrected chi connectivity index (χ1v) is 6.55. The van der Waals surface area contributed by atoms with Crippen LogP contribution in [0.15, 0.2) is 10.5 Å². The number of aromatic nitrogens is 1. The molecule has 0 saturated heterocycles. The van der Waals surface area contributed by atoms with E-state index in [-0.39, 0.29) is 0 Å². The van der Waals surface area contributed by atoms with E-state index in [1.165, 1.54) is 29.4 Å². The minimum atomic E-state index is 0.763. The van der Waals surface area contributed by atoms with Gasteiger partial charge in [-0.25, -0.2) is 4.98 Å². The smallest absolute Gasteiger partial charge is 0.192 e. The van der Waals surface area contributed by atoms with Gasteiger partial charge in [-0.3, -0.25) is 0 Å². The van der Waals surface area contributed by atoms with E-state index in [0.29, 0.717) is 0 Å².